The van der Waals surface area contributed by atoms with E-state index in [1.165, 1.54) is 0 Å². The standard InChI is InChI=1S/C13H10N4O2S2/c18-21(19,9-4-2-1-3-5-9)13-12-14-8-11-10(6-7-20-11)17(12)16-15-13/h1-7,14H,8H2. The summed E-state index contributed by atoms with van der Waals surface area (Å²) in [4.78, 5) is 1.32. The number of fused-ring (bicyclic) bond motifs is 3. The van der Waals surface area contributed by atoms with Gasteiger partial charge in [0.2, 0.25) is 14.9 Å². The smallest absolute Gasteiger partial charge is 0.229 e. The molecule has 1 aromatic carbocycles. The summed E-state index contributed by atoms with van der Waals surface area (Å²) in [6, 6.07) is 10.2. The monoisotopic (exact) mass is 318 g/mol. The highest BCUT2D eigenvalue weighted by molar-refractivity contribution is 7.91. The van der Waals surface area contributed by atoms with E-state index in [4.69, 9.17) is 0 Å². The molecule has 1 aliphatic rings. The van der Waals surface area contributed by atoms with Crippen LogP contribution in [0.15, 0.2) is 51.7 Å². The maximum absolute atomic E-state index is 12.7. The van der Waals surface area contributed by atoms with Crippen molar-refractivity contribution in [2.24, 2.45) is 0 Å². The van der Waals surface area contributed by atoms with Gasteiger partial charge in [-0.25, -0.2) is 8.42 Å². The second-order valence-corrected chi connectivity index (χ2v) is 7.42. The number of anilines is 1. The second kappa shape index (κ2) is 4.40. The maximum Gasteiger partial charge on any atom is 0.229 e. The van der Waals surface area contributed by atoms with Crippen LogP contribution in [0.3, 0.4) is 0 Å². The van der Waals surface area contributed by atoms with E-state index < -0.39 is 9.84 Å². The average molecular weight is 318 g/mol. The molecule has 3 aromatic rings. The minimum atomic E-state index is -3.68. The molecule has 4 rings (SSSR count). The van der Waals surface area contributed by atoms with Crippen LogP contribution in [0.5, 0.6) is 0 Å². The summed E-state index contributed by atoms with van der Waals surface area (Å²) in [5.74, 6) is 0.421. The number of benzene rings is 1. The Kier molecular flexibility index (Phi) is 2.63. The molecule has 0 atom stereocenters. The molecule has 0 unspecified atom stereocenters. The Bertz CT molecular complexity index is 913. The normalized spacial score (nSPS) is 13.3. The van der Waals surface area contributed by atoms with Crippen molar-refractivity contribution >= 4 is 27.0 Å². The molecule has 21 heavy (non-hydrogen) atoms. The van der Waals surface area contributed by atoms with Crippen LogP contribution < -0.4 is 5.32 Å². The van der Waals surface area contributed by atoms with Crippen LogP contribution in [-0.2, 0) is 16.4 Å². The van der Waals surface area contributed by atoms with E-state index in [9.17, 15) is 8.42 Å². The molecule has 3 heterocycles. The molecule has 1 N–H and O–H groups in total. The Morgan fingerprint density at radius 2 is 2.00 bits per heavy atom. The van der Waals surface area contributed by atoms with E-state index in [0.717, 1.165) is 10.6 Å². The van der Waals surface area contributed by atoms with Gasteiger partial charge in [0.1, 0.15) is 0 Å². The van der Waals surface area contributed by atoms with Crippen molar-refractivity contribution in [3.8, 4) is 5.69 Å². The van der Waals surface area contributed by atoms with Gasteiger partial charge >= 0.3 is 0 Å². The van der Waals surface area contributed by atoms with Crippen molar-refractivity contribution in [2.75, 3.05) is 5.32 Å². The SMILES string of the molecule is O=S(=O)(c1ccccc1)c1nnn2c1NCc1sccc1-2. The average Bonchev–Trinajstić information content (AvgIpc) is 3.14. The van der Waals surface area contributed by atoms with Crippen LogP contribution >= 0.6 is 11.3 Å². The predicted octanol–water partition coefficient (Wildman–Crippen LogP) is 2.09. The quantitative estimate of drug-likeness (QED) is 0.783. The van der Waals surface area contributed by atoms with Crippen LogP contribution in [0.1, 0.15) is 4.88 Å². The van der Waals surface area contributed by atoms with Crippen molar-refractivity contribution in [2.45, 2.75) is 16.5 Å². The number of rotatable bonds is 2. The van der Waals surface area contributed by atoms with E-state index in [1.807, 2.05) is 11.4 Å². The van der Waals surface area contributed by atoms with Gasteiger partial charge in [-0.15, -0.1) is 16.4 Å². The molecule has 106 valence electrons. The first-order chi connectivity index (χ1) is 10.2. The lowest BCUT2D eigenvalue weighted by molar-refractivity contribution is 0.592. The molecular weight excluding hydrogens is 308 g/mol. The lowest BCUT2D eigenvalue weighted by Crippen LogP contribution is -2.15. The summed E-state index contributed by atoms with van der Waals surface area (Å²) in [7, 11) is -3.68. The number of hydrogen-bond donors (Lipinski definition) is 1. The topological polar surface area (TPSA) is 76.9 Å². The highest BCUT2D eigenvalue weighted by atomic mass is 32.2. The van der Waals surface area contributed by atoms with Gasteiger partial charge in [-0.2, -0.15) is 4.68 Å². The lowest BCUT2D eigenvalue weighted by Gasteiger charge is -2.16. The molecule has 0 spiro atoms. The highest BCUT2D eigenvalue weighted by Gasteiger charge is 2.30. The molecule has 1 aliphatic heterocycles. The third kappa shape index (κ3) is 1.79. The Labute approximate surface area is 125 Å². The van der Waals surface area contributed by atoms with Gasteiger partial charge < -0.3 is 5.32 Å². The molecule has 0 saturated heterocycles. The maximum atomic E-state index is 12.7. The number of nitrogens with zero attached hydrogens (tertiary/aromatic N) is 3. The van der Waals surface area contributed by atoms with Gasteiger partial charge in [0.25, 0.3) is 0 Å². The Balaban J connectivity index is 1.90. The van der Waals surface area contributed by atoms with Crippen molar-refractivity contribution in [1.82, 2.24) is 15.0 Å². The number of hydrogen-bond acceptors (Lipinski definition) is 6. The molecule has 6 nitrogen and oxygen atoms in total. The molecule has 2 aromatic heterocycles. The Hall–Kier alpha value is -2.19. The first kappa shape index (κ1) is 12.5. The minimum absolute atomic E-state index is 0.0365. The van der Waals surface area contributed by atoms with Crippen molar-refractivity contribution < 1.29 is 8.42 Å². The van der Waals surface area contributed by atoms with Crippen LogP contribution in [0.25, 0.3) is 5.69 Å². The zero-order chi connectivity index (χ0) is 14.4. The molecular formula is C13H10N4O2S2. The van der Waals surface area contributed by atoms with Crippen LogP contribution in [0.2, 0.25) is 0 Å². The highest BCUT2D eigenvalue weighted by Crippen LogP contribution is 2.33. The fraction of sp³-hybridized carbons (Fsp3) is 0.0769. The van der Waals surface area contributed by atoms with Crippen molar-refractivity contribution in [3.63, 3.8) is 0 Å². The molecule has 0 fully saturated rings. The molecule has 0 radical (unpaired) electrons. The number of aromatic nitrogens is 3. The first-order valence-electron chi connectivity index (χ1n) is 6.24. The largest absolute Gasteiger partial charge is 0.363 e. The van der Waals surface area contributed by atoms with Gasteiger partial charge in [0.05, 0.1) is 17.1 Å². The first-order valence-corrected chi connectivity index (χ1v) is 8.60. The molecule has 8 heteroatoms. The van der Waals surface area contributed by atoms with Gasteiger partial charge in [-0.3, -0.25) is 0 Å². The zero-order valence-corrected chi connectivity index (χ0v) is 12.4. The molecule has 0 bridgehead atoms. The summed E-state index contributed by atoms with van der Waals surface area (Å²) < 4.78 is 26.9. The van der Waals surface area contributed by atoms with Gasteiger partial charge in [-0.05, 0) is 23.6 Å². The van der Waals surface area contributed by atoms with E-state index >= 15 is 0 Å². The van der Waals surface area contributed by atoms with Gasteiger partial charge in [-0.1, -0.05) is 23.4 Å². The van der Waals surface area contributed by atoms with E-state index in [-0.39, 0.29) is 9.92 Å². The summed E-state index contributed by atoms with van der Waals surface area (Å²) in [6.45, 7) is 0.581. The third-order valence-corrected chi connectivity index (χ3v) is 5.90. The predicted molar refractivity (Wildman–Crippen MR) is 78.5 cm³/mol. The summed E-state index contributed by atoms with van der Waals surface area (Å²) in [5, 5.41) is 12.9. The third-order valence-electron chi connectivity index (χ3n) is 3.31. The van der Waals surface area contributed by atoms with Crippen LogP contribution in [-0.4, -0.2) is 23.4 Å². The lowest BCUT2D eigenvalue weighted by atomic mass is 10.3. The van der Waals surface area contributed by atoms with E-state index in [1.54, 1.807) is 46.4 Å². The Morgan fingerprint density at radius 3 is 2.81 bits per heavy atom. The van der Waals surface area contributed by atoms with E-state index in [0.29, 0.717) is 12.4 Å². The Morgan fingerprint density at radius 1 is 1.19 bits per heavy atom. The summed E-state index contributed by atoms with van der Waals surface area (Å²) >= 11 is 1.60. The van der Waals surface area contributed by atoms with Gasteiger partial charge in [0, 0.05) is 4.88 Å². The molecule has 0 aliphatic carbocycles. The van der Waals surface area contributed by atoms with Crippen molar-refractivity contribution in [3.05, 3.63) is 46.7 Å². The summed E-state index contributed by atoms with van der Waals surface area (Å²) in [5.41, 5.74) is 0.885. The number of thiophene rings is 1. The number of sulfone groups is 1. The molecule has 0 saturated carbocycles. The molecule has 0 amide bonds. The second-order valence-electron chi connectivity index (χ2n) is 4.55. The number of nitrogens with one attached hydrogen (secondary N) is 1. The van der Waals surface area contributed by atoms with E-state index in [2.05, 4.69) is 15.6 Å². The van der Waals surface area contributed by atoms with Crippen LogP contribution in [0.4, 0.5) is 5.82 Å². The fourth-order valence-corrected chi connectivity index (χ4v) is 4.39. The fourth-order valence-electron chi connectivity index (χ4n) is 2.30. The van der Waals surface area contributed by atoms with Crippen molar-refractivity contribution in [1.29, 1.82) is 0 Å². The van der Waals surface area contributed by atoms with Gasteiger partial charge in [0.15, 0.2) is 5.82 Å². The minimum Gasteiger partial charge on any atom is -0.363 e. The zero-order valence-electron chi connectivity index (χ0n) is 10.7. The summed E-state index contributed by atoms with van der Waals surface area (Å²) in [6.07, 6.45) is 0. The van der Waals surface area contributed by atoms with Crippen LogP contribution in [0, 0.1) is 0 Å².